The Morgan fingerprint density at radius 3 is 2.11 bits per heavy atom. The number of aldehydes is 1. The van der Waals surface area contributed by atoms with Gasteiger partial charge in [-0.2, -0.15) is 0 Å². The molecule has 0 radical (unpaired) electrons. The van der Waals surface area contributed by atoms with E-state index in [0.29, 0.717) is 6.29 Å². The van der Waals surface area contributed by atoms with Crippen LogP contribution < -0.4 is 16.4 Å². The van der Waals surface area contributed by atoms with Gasteiger partial charge in [0.15, 0.2) is 0 Å². The van der Waals surface area contributed by atoms with E-state index in [4.69, 9.17) is 15.9 Å². The van der Waals surface area contributed by atoms with Crippen molar-refractivity contribution in [2.24, 2.45) is 11.7 Å². The molecule has 0 heterocycles. The van der Waals surface area contributed by atoms with E-state index < -0.39 is 43.2 Å². The Morgan fingerprint density at radius 1 is 1.16 bits per heavy atom. The van der Waals surface area contributed by atoms with Crippen LogP contribution in [0.1, 0.15) is 13.8 Å². The Balaban J connectivity index is 4.56. The first kappa shape index (κ1) is 17.5. The molecule has 0 rings (SSSR count). The summed E-state index contributed by atoms with van der Waals surface area (Å²) in [5.41, 5.74) is 5.26. The zero-order chi connectivity index (χ0) is 15.0. The number of nitrogens with two attached hydrogens (primary N) is 1. The molecule has 0 aliphatic carbocycles. The lowest BCUT2D eigenvalue weighted by molar-refractivity contribution is -0.132. The van der Waals surface area contributed by atoms with Crippen molar-refractivity contribution >= 4 is 18.1 Å². The van der Waals surface area contributed by atoms with Crippen LogP contribution in [0.25, 0.3) is 0 Å². The SMILES string of the molecule is CC(C)[C@@H](C=O)NC(=O)[C@H](CO)NC(=O)[C@@H](N)CO. The zero-order valence-corrected chi connectivity index (χ0v) is 11.0. The molecule has 110 valence electrons. The van der Waals surface area contributed by atoms with Gasteiger partial charge in [0.1, 0.15) is 18.4 Å². The predicted molar refractivity (Wildman–Crippen MR) is 66.9 cm³/mol. The van der Waals surface area contributed by atoms with Gasteiger partial charge in [-0.3, -0.25) is 9.59 Å². The van der Waals surface area contributed by atoms with Crippen molar-refractivity contribution < 1.29 is 24.6 Å². The highest BCUT2D eigenvalue weighted by Crippen LogP contribution is 1.99. The van der Waals surface area contributed by atoms with Crippen LogP contribution in [0.5, 0.6) is 0 Å². The average molecular weight is 275 g/mol. The molecule has 19 heavy (non-hydrogen) atoms. The van der Waals surface area contributed by atoms with Gasteiger partial charge in [-0.05, 0) is 5.92 Å². The Hall–Kier alpha value is -1.51. The summed E-state index contributed by atoms with van der Waals surface area (Å²) in [6.45, 7) is 2.27. The highest BCUT2D eigenvalue weighted by atomic mass is 16.3. The first-order valence-electron chi connectivity index (χ1n) is 5.90. The molecule has 3 atom stereocenters. The highest BCUT2D eigenvalue weighted by Gasteiger charge is 2.25. The van der Waals surface area contributed by atoms with E-state index in [1.165, 1.54) is 0 Å². The number of hydrogen-bond acceptors (Lipinski definition) is 6. The normalized spacial score (nSPS) is 15.5. The van der Waals surface area contributed by atoms with Crippen molar-refractivity contribution in [3.8, 4) is 0 Å². The van der Waals surface area contributed by atoms with Gasteiger partial charge >= 0.3 is 0 Å². The lowest BCUT2D eigenvalue weighted by Gasteiger charge is -2.22. The first-order chi connectivity index (χ1) is 8.87. The molecule has 8 heteroatoms. The van der Waals surface area contributed by atoms with Crippen molar-refractivity contribution in [3.63, 3.8) is 0 Å². The van der Waals surface area contributed by atoms with Crippen molar-refractivity contribution in [2.45, 2.75) is 32.0 Å². The molecule has 0 aromatic heterocycles. The fraction of sp³-hybridized carbons (Fsp3) is 0.727. The van der Waals surface area contributed by atoms with Crippen LogP contribution in [-0.4, -0.2) is 59.7 Å². The molecule has 0 spiro atoms. The van der Waals surface area contributed by atoms with Crippen LogP contribution in [-0.2, 0) is 14.4 Å². The van der Waals surface area contributed by atoms with Crippen molar-refractivity contribution in [1.29, 1.82) is 0 Å². The molecule has 0 aromatic carbocycles. The topological polar surface area (TPSA) is 142 Å². The molecule has 6 N–H and O–H groups in total. The second-order valence-corrected chi connectivity index (χ2v) is 4.45. The van der Waals surface area contributed by atoms with Gasteiger partial charge in [0, 0.05) is 0 Å². The molecule has 0 fully saturated rings. The standard InChI is InChI=1S/C11H21N3O5/c1-6(2)8(4-16)13-11(19)9(5-17)14-10(18)7(12)3-15/h4,6-9,15,17H,3,5,12H2,1-2H3,(H,13,19)(H,14,18)/t7-,8+,9-/m0/s1. The minimum Gasteiger partial charge on any atom is -0.394 e. The number of aliphatic hydroxyl groups excluding tert-OH is 2. The molecule has 0 bridgehead atoms. The summed E-state index contributed by atoms with van der Waals surface area (Å²) >= 11 is 0. The molecule has 0 saturated heterocycles. The maximum Gasteiger partial charge on any atom is 0.245 e. The Kier molecular flexibility index (Phi) is 7.89. The van der Waals surface area contributed by atoms with Crippen LogP contribution in [0.15, 0.2) is 0 Å². The monoisotopic (exact) mass is 275 g/mol. The fourth-order valence-corrected chi connectivity index (χ4v) is 1.18. The second-order valence-electron chi connectivity index (χ2n) is 4.45. The van der Waals surface area contributed by atoms with Crippen LogP contribution in [0, 0.1) is 5.92 Å². The van der Waals surface area contributed by atoms with Crippen molar-refractivity contribution in [2.75, 3.05) is 13.2 Å². The minimum atomic E-state index is -1.22. The Labute approximate surface area is 111 Å². The second kappa shape index (κ2) is 8.57. The molecule has 0 unspecified atom stereocenters. The lowest BCUT2D eigenvalue weighted by atomic mass is 10.1. The fourth-order valence-electron chi connectivity index (χ4n) is 1.18. The first-order valence-corrected chi connectivity index (χ1v) is 5.90. The summed E-state index contributed by atoms with van der Waals surface area (Å²) in [5, 5.41) is 22.3. The van der Waals surface area contributed by atoms with E-state index in [2.05, 4.69) is 10.6 Å². The number of aliphatic hydroxyl groups is 2. The summed E-state index contributed by atoms with van der Waals surface area (Å²) in [5.74, 6) is -1.56. The van der Waals surface area contributed by atoms with Crippen molar-refractivity contribution in [1.82, 2.24) is 10.6 Å². The summed E-state index contributed by atoms with van der Waals surface area (Å²) in [4.78, 5) is 33.9. The maximum atomic E-state index is 11.7. The van der Waals surface area contributed by atoms with E-state index in [1.54, 1.807) is 13.8 Å². The lowest BCUT2D eigenvalue weighted by Crippen LogP contribution is -2.56. The summed E-state index contributed by atoms with van der Waals surface area (Å²) < 4.78 is 0. The third kappa shape index (κ3) is 5.77. The van der Waals surface area contributed by atoms with Gasteiger partial charge in [-0.1, -0.05) is 13.8 Å². The quantitative estimate of drug-likeness (QED) is 0.301. The van der Waals surface area contributed by atoms with Crippen LogP contribution in [0.4, 0.5) is 0 Å². The zero-order valence-electron chi connectivity index (χ0n) is 11.0. The summed E-state index contributed by atoms with van der Waals surface area (Å²) in [6.07, 6.45) is 0.582. The molecule has 0 aliphatic heterocycles. The van der Waals surface area contributed by atoms with Crippen molar-refractivity contribution in [3.05, 3.63) is 0 Å². The van der Waals surface area contributed by atoms with Gasteiger partial charge in [0.2, 0.25) is 11.8 Å². The van der Waals surface area contributed by atoms with Gasteiger partial charge in [0.25, 0.3) is 0 Å². The number of carbonyl (C=O) groups excluding carboxylic acids is 3. The number of carbonyl (C=O) groups is 3. The third-order valence-corrected chi connectivity index (χ3v) is 2.52. The maximum absolute atomic E-state index is 11.7. The smallest absolute Gasteiger partial charge is 0.245 e. The van der Waals surface area contributed by atoms with E-state index in [0.717, 1.165) is 0 Å². The van der Waals surface area contributed by atoms with Gasteiger partial charge < -0.3 is 31.4 Å². The van der Waals surface area contributed by atoms with E-state index in [1.807, 2.05) is 0 Å². The van der Waals surface area contributed by atoms with E-state index in [-0.39, 0.29) is 5.92 Å². The van der Waals surface area contributed by atoms with E-state index >= 15 is 0 Å². The Bertz CT molecular complexity index is 321. The highest BCUT2D eigenvalue weighted by molar-refractivity contribution is 5.90. The summed E-state index contributed by atoms with van der Waals surface area (Å²) in [6, 6.07) is -3.09. The molecule has 0 aliphatic rings. The molecule has 8 nitrogen and oxygen atoms in total. The number of nitrogens with one attached hydrogen (secondary N) is 2. The van der Waals surface area contributed by atoms with Gasteiger partial charge in [-0.15, -0.1) is 0 Å². The van der Waals surface area contributed by atoms with Gasteiger partial charge in [0.05, 0.1) is 19.3 Å². The van der Waals surface area contributed by atoms with E-state index in [9.17, 15) is 14.4 Å². The average Bonchev–Trinajstić information content (AvgIpc) is 2.39. The molecule has 0 saturated carbocycles. The number of hydrogen-bond donors (Lipinski definition) is 5. The molecular formula is C11H21N3O5. The minimum absolute atomic E-state index is 0.115. The number of amides is 2. The predicted octanol–water partition coefficient (Wildman–Crippen LogP) is -2.88. The van der Waals surface area contributed by atoms with Crippen LogP contribution in [0.2, 0.25) is 0 Å². The summed E-state index contributed by atoms with van der Waals surface area (Å²) in [7, 11) is 0. The molecule has 2 amide bonds. The Morgan fingerprint density at radius 2 is 1.74 bits per heavy atom. The van der Waals surface area contributed by atoms with Crippen LogP contribution >= 0.6 is 0 Å². The number of rotatable bonds is 8. The largest absolute Gasteiger partial charge is 0.394 e. The van der Waals surface area contributed by atoms with Gasteiger partial charge in [-0.25, -0.2) is 0 Å². The molecule has 0 aromatic rings. The third-order valence-electron chi connectivity index (χ3n) is 2.52. The van der Waals surface area contributed by atoms with Crippen LogP contribution in [0.3, 0.4) is 0 Å². The molecular weight excluding hydrogens is 254 g/mol.